The largest absolute Gasteiger partial charge is 0.512 e. The second-order valence-corrected chi connectivity index (χ2v) is 5.19. The first-order valence-electron chi connectivity index (χ1n) is 6.20. The zero-order chi connectivity index (χ0) is 13.2. The van der Waals surface area contributed by atoms with Crippen LogP contribution in [0.3, 0.4) is 0 Å². The van der Waals surface area contributed by atoms with Crippen LogP contribution in [0, 0.1) is 5.92 Å². The molecule has 1 atom stereocenters. The van der Waals surface area contributed by atoms with Crippen molar-refractivity contribution in [3.05, 3.63) is 47.7 Å². The van der Waals surface area contributed by atoms with Crippen molar-refractivity contribution in [2.24, 2.45) is 5.92 Å². The Morgan fingerprint density at radius 1 is 1.33 bits per heavy atom. The van der Waals surface area contributed by atoms with E-state index in [1.165, 1.54) is 0 Å². The van der Waals surface area contributed by atoms with Crippen LogP contribution >= 0.6 is 0 Å². The average molecular weight is 246 g/mol. The van der Waals surface area contributed by atoms with Gasteiger partial charge in [-0.2, -0.15) is 0 Å². The van der Waals surface area contributed by atoms with Gasteiger partial charge in [-0.3, -0.25) is 0 Å². The molecule has 96 valence electrons. The third-order valence-corrected chi connectivity index (χ3v) is 3.08. The summed E-state index contributed by atoms with van der Waals surface area (Å²) in [5.41, 5.74) is 0.206. The Morgan fingerprint density at radius 2 is 2.00 bits per heavy atom. The molecule has 0 aromatic heterocycles. The van der Waals surface area contributed by atoms with Gasteiger partial charge in [-0.25, -0.2) is 4.79 Å². The summed E-state index contributed by atoms with van der Waals surface area (Å²) in [6, 6.07) is 9.64. The monoisotopic (exact) mass is 246 g/mol. The molecule has 0 amide bonds. The fraction of sp³-hybridized carbons (Fsp3) is 0.400. The van der Waals surface area contributed by atoms with Crippen molar-refractivity contribution in [3.8, 4) is 0 Å². The molecule has 3 heteroatoms. The quantitative estimate of drug-likeness (QED) is 0.832. The molecule has 1 N–H and O–H groups in total. The predicted molar refractivity (Wildman–Crippen MR) is 69.0 cm³/mol. The molecule has 0 radical (unpaired) electrons. The van der Waals surface area contributed by atoms with Crippen LogP contribution in [0.1, 0.15) is 32.3 Å². The van der Waals surface area contributed by atoms with E-state index >= 15 is 0 Å². The van der Waals surface area contributed by atoms with Gasteiger partial charge in [0, 0.05) is 6.42 Å². The highest BCUT2D eigenvalue weighted by Crippen LogP contribution is 2.40. The van der Waals surface area contributed by atoms with Crippen molar-refractivity contribution in [1.29, 1.82) is 0 Å². The van der Waals surface area contributed by atoms with Gasteiger partial charge >= 0.3 is 5.97 Å². The van der Waals surface area contributed by atoms with Crippen molar-refractivity contribution in [2.75, 3.05) is 0 Å². The number of ether oxygens (including phenoxy) is 1. The van der Waals surface area contributed by atoms with Gasteiger partial charge in [0.15, 0.2) is 0 Å². The lowest BCUT2D eigenvalue weighted by atomic mass is 9.81. The molecule has 1 heterocycles. The lowest BCUT2D eigenvalue weighted by Gasteiger charge is -2.37. The number of carbonyl (C=O) groups is 1. The number of aliphatic hydroxyl groups is 1. The molecular formula is C15H18O3. The molecule has 0 spiro atoms. The maximum absolute atomic E-state index is 11.6. The number of esters is 1. The minimum atomic E-state index is -0.731. The summed E-state index contributed by atoms with van der Waals surface area (Å²) in [6.45, 7) is 4.15. The Labute approximate surface area is 107 Å². The van der Waals surface area contributed by atoms with Gasteiger partial charge in [-0.15, -0.1) is 0 Å². The van der Waals surface area contributed by atoms with Crippen LogP contribution in [-0.4, -0.2) is 11.1 Å². The minimum Gasteiger partial charge on any atom is -0.512 e. The summed E-state index contributed by atoms with van der Waals surface area (Å²) in [5.74, 6) is -0.0112. The molecule has 0 bridgehead atoms. The number of cyclic esters (lactones) is 1. The topological polar surface area (TPSA) is 46.5 Å². The van der Waals surface area contributed by atoms with Crippen LogP contribution in [0.2, 0.25) is 0 Å². The minimum absolute atomic E-state index is 0.0933. The highest BCUT2D eigenvalue weighted by Gasteiger charge is 2.40. The summed E-state index contributed by atoms with van der Waals surface area (Å²) in [6.07, 6.45) is 2.20. The van der Waals surface area contributed by atoms with Gasteiger partial charge < -0.3 is 9.84 Å². The lowest BCUT2D eigenvalue weighted by Crippen LogP contribution is -2.37. The summed E-state index contributed by atoms with van der Waals surface area (Å²) in [7, 11) is 0. The first-order chi connectivity index (χ1) is 8.52. The zero-order valence-electron chi connectivity index (χ0n) is 10.7. The van der Waals surface area contributed by atoms with Crippen LogP contribution in [0.25, 0.3) is 0 Å². The van der Waals surface area contributed by atoms with Crippen molar-refractivity contribution in [1.82, 2.24) is 0 Å². The molecule has 0 fully saturated rings. The van der Waals surface area contributed by atoms with Gasteiger partial charge in [0.2, 0.25) is 0 Å². The second kappa shape index (κ2) is 4.84. The second-order valence-electron chi connectivity index (χ2n) is 5.19. The van der Waals surface area contributed by atoms with E-state index in [2.05, 4.69) is 13.8 Å². The molecule has 0 saturated heterocycles. The molecule has 1 aromatic carbocycles. The van der Waals surface area contributed by atoms with Crippen LogP contribution in [0.4, 0.5) is 0 Å². The summed E-state index contributed by atoms with van der Waals surface area (Å²) < 4.78 is 5.57. The Balaban J connectivity index is 2.42. The van der Waals surface area contributed by atoms with Gasteiger partial charge in [0.25, 0.3) is 0 Å². The number of hydrogen-bond acceptors (Lipinski definition) is 3. The number of benzene rings is 1. The van der Waals surface area contributed by atoms with E-state index in [9.17, 15) is 9.90 Å². The zero-order valence-corrected chi connectivity index (χ0v) is 10.7. The Morgan fingerprint density at radius 3 is 2.56 bits per heavy atom. The summed E-state index contributed by atoms with van der Waals surface area (Å²) in [5, 5.41) is 9.75. The molecule has 0 unspecified atom stereocenters. The third-order valence-electron chi connectivity index (χ3n) is 3.08. The Kier molecular flexibility index (Phi) is 3.41. The maximum atomic E-state index is 11.6. The summed E-state index contributed by atoms with van der Waals surface area (Å²) >= 11 is 0. The van der Waals surface area contributed by atoms with Gasteiger partial charge in [-0.1, -0.05) is 44.2 Å². The van der Waals surface area contributed by atoms with E-state index in [-0.39, 0.29) is 5.76 Å². The van der Waals surface area contributed by atoms with Crippen molar-refractivity contribution >= 4 is 5.97 Å². The first kappa shape index (κ1) is 12.7. The smallest absolute Gasteiger partial charge is 0.335 e. The first-order valence-corrected chi connectivity index (χ1v) is 6.20. The molecule has 1 aromatic rings. The molecule has 3 nitrogen and oxygen atoms in total. The number of rotatable bonds is 3. The average Bonchev–Trinajstić information content (AvgIpc) is 2.27. The number of carbonyl (C=O) groups excluding carboxylic acids is 1. The summed E-state index contributed by atoms with van der Waals surface area (Å²) in [4.78, 5) is 11.6. The predicted octanol–water partition coefficient (Wildman–Crippen LogP) is 3.32. The number of hydrogen-bond donors (Lipinski definition) is 1. The van der Waals surface area contributed by atoms with Crippen LogP contribution in [-0.2, 0) is 15.1 Å². The van der Waals surface area contributed by atoms with E-state index in [0.29, 0.717) is 18.8 Å². The molecule has 1 aliphatic heterocycles. The third kappa shape index (κ3) is 2.55. The fourth-order valence-corrected chi connectivity index (χ4v) is 2.53. The van der Waals surface area contributed by atoms with Gasteiger partial charge in [0.1, 0.15) is 11.4 Å². The highest BCUT2D eigenvalue weighted by atomic mass is 16.6. The van der Waals surface area contributed by atoms with Gasteiger partial charge in [0.05, 0.1) is 6.08 Å². The number of aliphatic hydroxyl groups excluding tert-OH is 1. The van der Waals surface area contributed by atoms with E-state index in [0.717, 1.165) is 11.6 Å². The lowest BCUT2D eigenvalue weighted by molar-refractivity contribution is -0.160. The van der Waals surface area contributed by atoms with Crippen LogP contribution in [0.15, 0.2) is 42.2 Å². The molecule has 0 aliphatic carbocycles. The molecule has 1 aliphatic rings. The van der Waals surface area contributed by atoms with Gasteiger partial charge in [-0.05, 0) is 17.9 Å². The van der Waals surface area contributed by atoms with Crippen molar-refractivity contribution in [3.63, 3.8) is 0 Å². The normalized spacial score (nSPS) is 23.7. The fourth-order valence-electron chi connectivity index (χ4n) is 2.53. The molecule has 0 saturated carbocycles. The van der Waals surface area contributed by atoms with Crippen LogP contribution < -0.4 is 0 Å². The Hall–Kier alpha value is -1.77. The Bertz CT molecular complexity index is 462. The highest BCUT2D eigenvalue weighted by molar-refractivity contribution is 5.84. The maximum Gasteiger partial charge on any atom is 0.335 e. The van der Waals surface area contributed by atoms with E-state index in [1.807, 2.05) is 30.3 Å². The van der Waals surface area contributed by atoms with Crippen LogP contribution in [0.5, 0.6) is 0 Å². The molecule has 2 rings (SSSR count). The van der Waals surface area contributed by atoms with Crippen molar-refractivity contribution in [2.45, 2.75) is 32.3 Å². The standard InChI is InChI=1S/C15H18O3/c1-11(2)9-15(12-6-4-3-5-7-12)10-13(16)8-14(17)18-15/h3-8,11,16H,9-10H2,1-2H3/t15-/m1/s1. The van der Waals surface area contributed by atoms with E-state index < -0.39 is 11.6 Å². The van der Waals surface area contributed by atoms with E-state index in [1.54, 1.807) is 0 Å². The SMILES string of the molecule is CC(C)C[C@]1(c2ccccc2)CC(O)=CC(=O)O1. The van der Waals surface area contributed by atoms with E-state index in [4.69, 9.17) is 4.74 Å². The van der Waals surface area contributed by atoms with Crippen molar-refractivity contribution < 1.29 is 14.6 Å². The molecular weight excluding hydrogens is 228 g/mol. The molecule has 18 heavy (non-hydrogen) atoms.